The lowest BCUT2D eigenvalue weighted by atomic mass is 10.0. The fourth-order valence-corrected chi connectivity index (χ4v) is 5.70. The number of rotatable bonds is 2. The molecule has 2 aliphatic rings. The summed E-state index contributed by atoms with van der Waals surface area (Å²) in [4.78, 5) is 19.7. The lowest BCUT2D eigenvalue weighted by molar-refractivity contribution is 0.0751. The van der Waals surface area contributed by atoms with E-state index < -0.39 is 0 Å². The highest BCUT2D eigenvalue weighted by molar-refractivity contribution is 7.17. The van der Waals surface area contributed by atoms with E-state index in [2.05, 4.69) is 49.9 Å². The molecule has 5 rings (SSSR count). The van der Waals surface area contributed by atoms with Crippen molar-refractivity contribution in [2.75, 3.05) is 31.1 Å². The molecule has 1 saturated heterocycles. The summed E-state index contributed by atoms with van der Waals surface area (Å²) in [6, 6.07) is 14.6. The Bertz CT molecular complexity index is 1130. The number of nitrogens with zero attached hydrogens (tertiary/aromatic N) is 2. The Kier molecular flexibility index (Phi) is 4.78. The first-order valence-corrected chi connectivity index (χ1v) is 11.3. The van der Waals surface area contributed by atoms with Gasteiger partial charge in [-0.15, -0.1) is 11.3 Å². The van der Waals surface area contributed by atoms with Crippen molar-refractivity contribution < 1.29 is 9.53 Å². The van der Waals surface area contributed by atoms with Gasteiger partial charge in [-0.05, 0) is 55.7 Å². The SMILES string of the molecule is Cc1cccc(N2CCN(C(=O)c3cc4c(s3)-c3c(C)cccc3OC4)CC2)c1C. The molecule has 5 heteroatoms. The van der Waals surface area contributed by atoms with E-state index in [1.54, 1.807) is 11.3 Å². The Labute approximate surface area is 181 Å². The maximum atomic E-state index is 13.3. The molecule has 30 heavy (non-hydrogen) atoms. The minimum absolute atomic E-state index is 0.144. The van der Waals surface area contributed by atoms with Crippen LogP contribution in [-0.4, -0.2) is 37.0 Å². The number of anilines is 1. The molecule has 3 heterocycles. The quantitative estimate of drug-likeness (QED) is 0.574. The zero-order valence-corrected chi connectivity index (χ0v) is 18.5. The molecular formula is C25H26N2O2S. The van der Waals surface area contributed by atoms with Crippen molar-refractivity contribution in [2.45, 2.75) is 27.4 Å². The molecule has 0 aliphatic carbocycles. The Morgan fingerprint density at radius 3 is 2.50 bits per heavy atom. The summed E-state index contributed by atoms with van der Waals surface area (Å²) in [7, 11) is 0. The normalized spacial score (nSPS) is 15.4. The maximum Gasteiger partial charge on any atom is 0.264 e. The van der Waals surface area contributed by atoms with Crippen LogP contribution in [0.15, 0.2) is 42.5 Å². The van der Waals surface area contributed by atoms with Crippen LogP contribution in [0.2, 0.25) is 0 Å². The number of carbonyl (C=O) groups is 1. The number of carbonyl (C=O) groups excluding carboxylic acids is 1. The molecule has 0 N–H and O–H groups in total. The van der Waals surface area contributed by atoms with Gasteiger partial charge in [0.2, 0.25) is 0 Å². The molecular weight excluding hydrogens is 392 g/mol. The molecule has 3 aromatic rings. The predicted molar refractivity (Wildman–Crippen MR) is 123 cm³/mol. The maximum absolute atomic E-state index is 13.3. The van der Waals surface area contributed by atoms with E-state index in [1.165, 1.54) is 27.3 Å². The van der Waals surface area contributed by atoms with E-state index in [0.717, 1.165) is 47.9 Å². The molecule has 1 aromatic heterocycles. The molecule has 154 valence electrons. The van der Waals surface area contributed by atoms with E-state index in [0.29, 0.717) is 6.61 Å². The van der Waals surface area contributed by atoms with Crippen molar-refractivity contribution in [2.24, 2.45) is 0 Å². The van der Waals surface area contributed by atoms with Gasteiger partial charge in [0.15, 0.2) is 0 Å². The molecule has 0 atom stereocenters. The monoisotopic (exact) mass is 418 g/mol. The van der Waals surface area contributed by atoms with E-state index in [9.17, 15) is 4.79 Å². The van der Waals surface area contributed by atoms with Gasteiger partial charge in [-0.3, -0.25) is 4.79 Å². The minimum atomic E-state index is 0.144. The third kappa shape index (κ3) is 3.18. The van der Waals surface area contributed by atoms with Crippen LogP contribution in [0.4, 0.5) is 5.69 Å². The molecule has 0 radical (unpaired) electrons. The highest BCUT2D eigenvalue weighted by atomic mass is 32.1. The van der Waals surface area contributed by atoms with Crippen molar-refractivity contribution in [1.29, 1.82) is 0 Å². The number of fused-ring (bicyclic) bond motifs is 3. The van der Waals surface area contributed by atoms with Gasteiger partial charge in [0.25, 0.3) is 5.91 Å². The second kappa shape index (κ2) is 7.47. The second-order valence-electron chi connectivity index (χ2n) is 8.20. The number of hydrogen-bond donors (Lipinski definition) is 0. The lowest BCUT2D eigenvalue weighted by Gasteiger charge is -2.36. The van der Waals surface area contributed by atoms with Gasteiger partial charge in [-0.2, -0.15) is 0 Å². The van der Waals surface area contributed by atoms with Gasteiger partial charge < -0.3 is 14.5 Å². The van der Waals surface area contributed by atoms with Crippen LogP contribution in [0.1, 0.15) is 31.9 Å². The number of ether oxygens (including phenoxy) is 1. The van der Waals surface area contributed by atoms with Crippen LogP contribution < -0.4 is 9.64 Å². The van der Waals surface area contributed by atoms with Crippen molar-refractivity contribution in [3.63, 3.8) is 0 Å². The van der Waals surface area contributed by atoms with E-state index in [4.69, 9.17) is 4.74 Å². The Hall–Kier alpha value is -2.79. The van der Waals surface area contributed by atoms with Gasteiger partial charge in [-0.25, -0.2) is 0 Å². The van der Waals surface area contributed by atoms with Crippen LogP contribution in [0, 0.1) is 20.8 Å². The van der Waals surface area contributed by atoms with Crippen LogP contribution in [0.3, 0.4) is 0 Å². The summed E-state index contributed by atoms with van der Waals surface area (Å²) < 4.78 is 5.93. The summed E-state index contributed by atoms with van der Waals surface area (Å²) in [5.41, 5.74) is 7.39. The number of hydrogen-bond acceptors (Lipinski definition) is 4. The average molecular weight is 419 g/mol. The van der Waals surface area contributed by atoms with Gasteiger partial charge in [0.05, 0.1) is 4.88 Å². The Morgan fingerprint density at radius 2 is 1.70 bits per heavy atom. The molecule has 0 unspecified atom stereocenters. The van der Waals surface area contributed by atoms with Crippen LogP contribution in [0.5, 0.6) is 5.75 Å². The van der Waals surface area contributed by atoms with Crippen molar-refractivity contribution >= 4 is 22.9 Å². The number of thiophene rings is 1. The van der Waals surface area contributed by atoms with Gasteiger partial charge in [-0.1, -0.05) is 24.3 Å². The Balaban J connectivity index is 1.34. The van der Waals surface area contributed by atoms with Gasteiger partial charge >= 0.3 is 0 Å². The molecule has 0 bridgehead atoms. The predicted octanol–water partition coefficient (Wildman–Crippen LogP) is 5.20. The van der Waals surface area contributed by atoms with Crippen molar-refractivity contribution in [1.82, 2.24) is 4.90 Å². The van der Waals surface area contributed by atoms with Crippen LogP contribution in [-0.2, 0) is 6.61 Å². The standard InChI is InChI=1S/C25H26N2O2S/c1-16-6-4-8-20(18(16)3)26-10-12-27(13-11-26)25(28)22-14-19-15-29-21-9-5-7-17(2)23(21)24(19)30-22/h4-9,14H,10-13,15H2,1-3H3. The third-order valence-electron chi connectivity index (χ3n) is 6.35. The van der Waals surface area contributed by atoms with Crippen LogP contribution in [0.25, 0.3) is 10.4 Å². The van der Waals surface area contributed by atoms with E-state index >= 15 is 0 Å². The zero-order chi connectivity index (χ0) is 20.8. The molecule has 0 saturated carbocycles. The first kappa shape index (κ1) is 19.2. The summed E-state index contributed by atoms with van der Waals surface area (Å²) in [6.07, 6.45) is 0. The first-order chi connectivity index (χ1) is 14.5. The number of piperazine rings is 1. The minimum Gasteiger partial charge on any atom is -0.488 e. The lowest BCUT2D eigenvalue weighted by Crippen LogP contribution is -2.48. The molecule has 4 nitrogen and oxygen atoms in total. The fourth-order valence-electron chi connectivity index (χ4n) is 4.45. The molecule has 0 spiro atoms. The topological polar surface area (TPSA) is 32.8 Å². The highest BCUT2D eigenvalue weighted by Gasteiger charge is 2.28. The fraction of sp³-hybridized carbons (Fsp3) is 0.320. The number of amides is 1. The summed E-state index contributed by atoms with van der Waals surface area (Å²) in [5.74, 6) is 1.07. The van der Waals surface area contributed by atoms with Gasteiger partial charge in [0.1, 0.15) is 12.4 Å². The summed E-state index contributed by atoms with van der Waals surface area (Å²) in [5, 5.41) is 0. The average Bonchev–Trinajstić information content (AvgIpc) is 3.20. The molecule has 2 aliphatic heterocycles. The summed E-state index contributed by atoms with van der Waals surface area (Å²) >= 11 is 1.61. The first-order valence-electron chi connectivity index (χ1n) is 10.5. The van der Waals surface area contributed by atoms with Crippen LogP contribution >= 0.6 is 11.3 Å². The third-order valence-corrected chi connectivity index (χ3v) is 7.53. The van der Waals surface area contributed by atoms with Crippen molar-refractivity contribution in [3.8, 4) is 16.2 Å². The smallest absolute Gasteiger partial charge is 0.264 e. The molecule has 1 amide bonds. The molecule has 1 fully saturated rings. The number of aryl methyl sites for hydroxylation is 2. The number of benzene rings is 2. The zero-order valence-electron chi connectivity index (χ0n) is 17.7. The van der Waals surface area contributed by atoms with E-state index in [-0.39, 0.29) is 5.91 Å². The molecule has 2 aromatic carbocycles. The largest absolute Gasteiger partial charge is 0.488 e. The van der Waals surface area contributed by atoms with Gasteiger partial charge in [0, 0.05) is 47.9 Å². The Morgan fingerprint density at radius 1 is 0.967 bits per heavy atom. The van der Waals surface area contributed by atoms with Crippen molar-refractivity contribution in [3.05, 3.63) is 69.6 Å². The second-order valence-corrected chi connectivity index (χ2v) is 9.25. The van der Waals surface area contributed by atoms with E-state index in [1.807, 2.05) is 23.1 Å². The summed E-state index contributed by atoms with van der Waals surface area (Å²) in [6.45, 7) is 10.2. The highest BCUT2D eigenvalue weighted by Crippen LogP contribution is 2.44.